The van der Waals surface area contributed by atoms with Crippen molar-refractivity contribution < 1.29 is 53.1 Å². The van der Waals surface area contributed by atoms with E-state index in [0.29, 0.717) is 22.9 Å². The first-order valence-corrected chi connectivity index (χ1v) is 26.1. The van der Waals surface area contributed by atoms with Crippen LogP contribution >= 0.6 is 23.5 Å². The number of carboxylic acids is 1. The van der Waals surface area contributed by atoms with Crippen LogP contribution in [-0.2, 0) is 56.0 Å². The molecule has 5 heterocycles. The van der Waals surface area contributed by atoms with Crippen molar-refractivity contribution in [2.24, 2.45) is 28.1 Å². The van der Waals surface area contributed by atoms with Gasteiger partial charge in [-0.2, -0.15) is 0 Å². The number of aromatic amines is 1. The Morgan fingerprint density at radius 3 is 2.14 bits per heavy atom. The van der Waals surface area contributed by atoms with Gasteiger partial charge in [0.15, 0.2) is 11.7 Å². The number of amides is 8. The molecule has 4 aliphatic heterocycles. The van der Waals surface area contributed by atoms with Gasteiger partial charge in [-0.25, -0.2) is 0 Å². The van der Waals surface area contributed by atoms with Crippen LogP contribution in [0.4, 0.5) is 4.79 Å². The Morgan fingerprint density at radius 1 is 0.784 bits per heavy atom. The van der Waals surface area contributed by atoms with Crippen molar-refractivity contribution >= 4 is 98.7 Å². The van der Waals surface area contributed by atoms with Crippen LogP contribution in [0.15, 0.2) is 65.8 Å². The van der Waals surface area contributed by atoms with Crippen molar-refractivity contribution in [2.75, 3.05) is 37.7 Å². The minimum absolute atomic E-state index is 0.0484. The number of carboxylic acid groups (broad SMARTS) is 1. The molecule has 8 amide bonds. The van der Waals surface area contributed by atoms with Crippen LogP contribution in [0.5, 0.6) is 0 Å². The molecule has 3 aromatic rings. The number of thioether (sulfide) groups is 2. The number of guanidine groups is 1. The van der Waals surface area contributed by atoms with Gasteiger partial charge in [0.2, 0.25) is 41.4 Å². The number of ketones is 1. The summed E-state index contributed by atoms with van der Waals surface area (Å²) in [7, 11) is 0. The topological polar surface area (TPSA) is 376 Å². The molecule has 0 radical (unpaired) electrons. The average molecular weight is 1060 g/mol. The average Bonchev–Trinajstić information content (AvgIpc) is 3.76. The molecule has 7 rings (SSSR count). The molecule has 74 heavy (non-hydrogen) atoms. The summed E-state index contributed by atoms with van der Waals surface area (Å²) in [6.45, 7) is 2.26. The third-order valence-corrected chi connectivity index (χ3v) is 14.7. The Balaban J connectivity index is 1.37. The van der Waals surface area contributed by atoms with Crippen LogP contribution in [0, 0.1) is 5.92 Å². The molecule has 8 atom stereocenters. The Kier molecular flexibility index (Phi) is 19.8. The van der Waals surface area contributed by atoms with Crippen LogP contribution in [0.3, 0.4) is 0 Å². The van der Waals surface area contributed by atoms with Crippen LogP contribution in [-0.4, -0.2) is 170 Å². The van der Waals surface area contributed by atoms with E-state index in [0.717, 1.165) is 32.5 Å². The van der Waals surface area contributed by atoms with Crippen molar-refractivity contribution in [3.63, 3.8) is 0 Å². The van der Waals surface area contributed by atoms with E-state index in [9.17, 15) is 53.1 Å². The molecule has 0 saturated carbocycles. The standard InChI is InChI=1S/C48H63N13O11S2/c1-25(2)15-31-42(67)57-34(37(62)19-49)23-74-48(72)59-33(17-27-20-53-29-12-7-6-11-28(27)29)44(69)55-30(13-8-14-52-47(50)51)41(66)58-35-24-73-39-22-60(46(71)36(18-40(64)65)61(39)45(35)70)21-38(63)54-32(43(68)56-31)16-26-9-4-3-5-10-26/h3-7,9-12,20,25,30-36,39,53H,8,13-19,21-24,49H2,1-2H3,(H,54,63)(H,55,69)(H,56,68)(H,57,67)(H,58,66)(H,59,72)(H,64,65)(H4,50,51,52)/t30-,31+,32-,33-,34?,35+,36-,39?/m0/s1. The molecule has 4 aliphatic rings. The highest BCUT2D eigenvalue weighted by Gasteiger charge is 2.50. The number of fused-ring (bicyclic) bond motifs is 22. The zero-order valence-corrected chi connectivity index (χ0v) is 42.5. The SMILES string of the molecule is CC(C)C[C@H]1NC(=O)[C@H](Cc2ccccc2)NC(=O)CN2CC3SC[C@@H](NC(=O)[C@H](CCCN=C(N)N)NC(=O)[C@H](Cc4c[nH]c5ccccc45)NC(=O)SCC(C(=O)CN)NC1=O)C(=O)N3[C@@H](CC(=O)O)C2=O. The first-order valence-electron chi connectivity index (χ1n) is 24.1. The van der Waals surface area contributed by atoms with Gasteiger partial charge in [-0.3, -0.25) is 52.9 Å². The van der Waals surface area contributed by atoms with E-state index in [-0.39, 0.29) is 68.6 Å². The summed E-state index contributed by atoms with van der Waals surface area (Å²) < 4.78 is 0. The Hall–Kier alpha value is -7.19. The summed E-state index contributed by atoms with van der Waals surface area (Å²) in [5.41, 5.74) is 18.8. The van der Waals surface area contributed by atoms with E-state index in [1.165, 1.54) is 0 Å². The lowest BCUT2D eigenvalue weighted by molar-refractivity contribution is -0.159. The highest BCUT2D eigenvalue weighted by atomic mass is 32.2. The predicted octanol–water partition coefficient (Wildman–Crippen LogP) is -1.58. The van der Waals surface area contributed by atoms with Crippen LogP contribution < -0.4 is 49.1 Å². The summed E-state index contributed by atoms with van der Waals surface area (Å²) in [4.78, 5) is 149. The number of para-hydroxylation sites is 1. The zero-order valence-electron chi connectivity index (χ0n) is 40.9. The van der Waals surface area contributed by atoms with E-state index < -0.39 is 126 Å². The molecule has 2 aromatic carbocycles. The van der Waals surface area contributed by atoms with Crippen molar-refractivity contribution in [1.29, 1.82) is 0 Å². The van der Waals surface area contributed by atoms with Gasteiger partial charge in [-0.05, 0) is 42.4 Å². The van der Waals surface area contributed by atoms with Crippen molar-refractivity contribution in [1.82, 2.24) is 46.7 Å². The van der Waals surface area contributed by atoms with E-state index in [2.05, 4.69) is 41.9 Å². The van der Waals surface area contributed by atoms with Crippen LogP contribution in [0.1, 0.15) is 50.7 Å². The highest BCUT2D eigenvalue weighted by Crippen LogP contribution is 2.33. The third kappa shape index (κ3) is 15.2. The number of carbonyl (C=O) groups is 10. The molecule has 1 aromatic heterocycles. The lowest BCUT2D eigenvalue weighted by Gasteiger charge is -2.49. The van der Waals surface area contributed by atoms with Crippen molar-refractivity contribution in [2.45, 2.75) is 100 Å². The van der Waals surface area contributed by atoms with Crippen LogP contribution in [0.2, 0.25) is 0 Å². The second-order valence-corrected chi connectivity index (χ2v) is 20.7. The number of benzene rings is 2. The number of hydrogen-bond donors (Lipinski definition) is 11. The molecule has 14 N–H and O–H groups in total. The van der Waals surface area contributed by atoms with Gasteiger partial charge in [0, 0.05) is 48.0 Å². The predicted molar refractivity (Wildman–Crippen MR) is 276 cm³/mol. The fraction of sp³-hybridized carbons (Fsp3) is 0.479. The number of nitrogens with zero attached hydrogens (tertiary/aromatic N) is 3. The second kappa shape index (κ2) is 26.2. The number of H-pyrrole nitrogens is 1. The van der Waals surface area contributed by atoms with E-state index >= 15 is 0 Å². The van der Waals surface area contributed by atoms with Gasteiger partial charge >= 0.3 is 5.97 Å². The molecule has 4 bridgehead atoms. The third-order valence-electron chi connectivity index (χ3n) is 12.5. The van der Waals surface area contributed by atoms with Crippen molar-refractivity contribution in [3.05, 3.63) is 71.9 Å². The number of rotatable bonds is 14. The fourth-order valence-electron chi connectivity index (χ4n) is 8.85. The number of Topliss-reactive ketones (excluding diaryl/α,β-unsaturated/α-hetero) is 1. The molecule has 26 heteroatoms. The van der Waals surface area contributed by atoms with Gasteiger partial charge in [0.05, 0.1) is 37.5 Å². The van der Waals surface area contributed by atoms with Gasteiger partial charge < -0.3 is 69.0 Å². The minimum Gasteiger partial charge on any atom is -0.481 e. The first kappa shape index (κ1) is 56.1. The van der Waals surface area contributed by atoms with Gasteiger partial charge in [0.25, 0.3) is 5.24 Å². The van der Waals surface area contributed by atoms with Crippen molar-refractivity contribution in [3.8, 4) is 0 Å². The number of nitrogens with one attached hydrogen (secondary N) is 7. The Labute approximate surface area is 434 Å². The summed E-state index contributed by atoms with van der Waals surface area (Å²) >= 11 is 1.71. The maximum Gasteiger partial charge on any atom is 0.305 e. The molecule has 398 valence electrons. The van der Waals surface area contributed by atoms with Gasteiger partial charge in [-0.1, -0.05) is 74.1 Å². The number of carbonyl (C=O) groups excluding carboxylic acids is 9. The monoisotopic (exact) mass is 1060 g/mol. The molecular formula is C48H63N13O11S2. The number of aliphatic carboxylic acids is 1. The van der Waals surface area contributed by atoms with Crippen LogP contribution in [0.25, 0.3) is 10.9 Å². The molecule has 4 saturated heterocycles. The number of aromatic nitrogens is 1. The normalized spacial score (nSPS) is 24.9. The summed E-state index contributed by atoms with van der Waals surface area (Å²) in [6.07, 6.45) is 0.823. The molecule has 4 fully saturated rings. The minimum atomic E-state index is -1.60. The maximum absolute atomic E-state index is 14.5. The Bertz CT molecular complexity index is 2610. The molecule has 24 nitrogen and oxygen atoms in total. The van der Waals surface area contributed by atoms with E-state index in [4.69, 9.17) is 17.2 Å². The fourth-order valence-corrected chi connectivity index (χ4v) is 11.0. The molecule has 0 spiro atoms. The van der Waals surface area contributed by atoms with Gasteiger partial charge in [0.1, 0.15) is 36.3 Å². The first-order chi connectivity index (χ1) is 35.3. The largest absolute Gasteiger partial charge is 0.481 e. The summed E-state index contributed by atoms with van der Waals surface area (Å²) in [5, 5.41) is 25.2. The lowest BCUT2D eigenvalue weighted by atomic mass is 10.0. The molecule has 2 unspecified atom stereocenters. The maximum atomic E-state index is 14.5. The highest BCUT2D eigenvalue weighted by molar-refractivity contribution is 8.13. The Morgan fingerprint density at radius 2 is 1.45 bits per heavy atom. The number of nitrogens with two attached hydrogens (primary N) is 3. The second-order valence-electron chi connectivity index (χ2n) is 18.5. The molecule has 0 aliphatic carbocycles. The summed E-state index contributed by atoms with van der Waals surface area (Å²) in [5.74, 6) is -8.54. The number of aliphatic imine (C=N–C) groups is 1. The number of hydrogen-bond acceptors (Lipinski definition) is 14. The van der Waals surface area contributed by atoms with E-state index in [1.54, 1.807) is 56.4 Å². The van der Waals surface area contributed by atoms with Gasteiger partial charge in [-0.15, -0.1) is 11.8 Å². The molecular weight excluding hydrogens is 999 g/mol. The quantitative estimate of drug-likeness (QED) is 0.0376. The smallest absolute Gasteiger partial charge is 0.305 e. The number of piperazine rings is 1. The lowest BCUT2D eigenvalue weighted by Crippen LogP contribution is -2.69. The zero-order chi connectivity index (χ0) is 53.6. The summed E-state index contributed by atoms with van der Waals surface area (Å²) in [6, 6.07) is 6.33. The van der Waals surface area contributed by atoms with E-state index in [1.807, 2.05) is 18.2 Å².